The Morgan fingerprint density at radius 1 is 1.42 bits per heavy atom. The molecule has 0 fully saturated rings. The maximum absolute atomic E-state index is 5.24. The second-order valence-corrected chi connectivity index (χ2v) is 7.51. The molecule has 0 aliphatic carbocycles. The topological polar surface area (TPSA) is 105 Å². The van der Waals surface area contributed by atoms with Gasteiger partial charge in [0.25, 0.3) is 0 Å². The number of imidazole rings is 1. The van der Waals surface area contributed by atoms with Crippen LogP contribution in [0.15, 0.2) is 60.3 Å². The number of aromatic amines is 1. The van der Waals surface area contributed by atoms with Crippen molar-refractivity contribution in [1.82, 2.24) is 28.9 Å². The summed E-state index contributed by atoms with van der Waals surface area (Å²) in [5.74, 6) is 1.33. The molecule has 9 nitrogen and oxygen atoms in total. The molecule has 0 aliphatic rings. The lowest BCUT2D eigenvalue weighted by Crippen LogP contribution is -2.02. The highest BCUT2D eigenvalue weighted by Gasteiger charge is 2.14. The number of hydrogen-bond donors (Lipinski definition) is 2. The van der Waals surface area contributed by atoms with Gasteiger partial charge in [0.1, 0.15) is 10.8 Å². The predicted molar refractivity (Wildman–Crippen MR) is 123 cm³/mol. The van der Waals surface area contributed by atoms with Crippen LogP contribution < -0.4 is 5.32 Å². The van der Waals surface area contributed by atoms with Crippen molar-refractivity contribution in [2.45, 2.75) is 13.3 Å². The summed E-state index contributed by atoms with van der Waals surface area (Å²) in [7, 11) is 3.35. The summed E-state index contributed by atoms with van der Waals surface area (Å²) in [6, 6.07) is 1.99. The minimum absolute atomic E-state index is 0.583. The molecule has 158 valence electrons. The van der Waals surface area contributed by atoms with Crippen molar-refractivity contribution in [3.05, 3.63) is 66.7 Å². The Labute approximate surface area is 183 Å². The van der Waals surface area contributed by atoms with Gasteiger partial charge in [-0.25, -0.2) is 9.97 Å². The van der Waals surface area contributed by atoms with Gasteiger partial charge >= 0.3 is 0 Å². The first kappa shape index (κ1) is 20.5. The first-order valence-electron chi connectivity index (χ1n) is 9.51. The van der Waals surface area contributed by atoms with Gasteiger partial charge in [-0.3, -0.25) is 14.5 Å². The highest BCUT2D eigenvalue weighted by Crippen LogP contribution is 2.27. The number of H-pyrrole nitrogens is 1. The van der Waals surface area contributed by atoms with Crippen molar-refractivity contribution < 1.29 is 4.74 Å². The maximum Gasteiger partial charge on any atom is 0.180 e. The molecule has 10 heteroatoms. The van der Waals surface area contributed by atoms with E-state index < -0.39 is 0 Å². The maximum atomic E-state index is 5.24. The summed E-state index contributed by atoms with van der Waals surface area (Å²) in [6.45, 7) is 5.68. The minimum Gasteiger partial charge on any atom is -0.497 e. The number of aryl methyl sites for hydroxylation is 1. The number of aliphatic imine (C=N–C) groups is 1. The number of nitrogens with zero attached hydrogens (tertiary/aromatic N) is 6. The molecule has 0 bridgehead atoms. The number of fused-ring (bicyclic) bond motifs is 1. The first-order chi connectivity index (χ1) is 15.1. The van der Waals surface area contributed by atoms with Crippen LogP contribution >= 0.6 is 11.5 Å². The fourth-order valence-corrected chi connectivity index (χ4v) is 3.78. The van der Waals surface area contributed by atoms with Crippen LogP contribution in [0.1, 0.15) is 11.4 Å². The molecule has 2 N–H and O–H groups in total. The van der Waals surface area contributed by atoms with Crippen LogP contribution in [0.25, 0.3) is 16.9 Å². The number of hydrogen-bond acceptors (Lipinski definition) is 8. The highest BCUT2D eigenvalue weighted by molar-refractivity contribution is 7.10. The molecule has 0 unspecified atom stereocenters. The minimum atomic E-state index is 0.583. The van der Waals surface area contributed by atoms with Crippen molar-refractivity contribution in [3.8, 4) is 11.3 Å². The van der Waals surface area contributed by atoms with E-state index in [1.54, 1.807) is 26.4 Å². The van der Waals surface area contributed by atoms with E-state index in [0.717, 1.165) is 39.0 Å². The molecule has 0 atom stereocenters. The Kier molecular flexibility index (Phi) is 5.89. The number of aromatic nitrogens is 6. The first-order valence-corrected chi connectivity index (χ1v) is 10.3. The van der Waals surface area contributed by atoms with Crippen molar-refractivity contribution in [2.75, 3.05) is 19.5 Å². The van der Waals surface area contributed by atoms with Gasteiger partial charge in [0.2, 0.25) is 0 Å². The van der Waals surface area contributed by atoms with Gasteiger partial charge in [-0.05, 0) is 30.6 Å². The Bertz CT molecular complexity index is 1270. The van der Waals surface area contributed by atoms with E-state index in [4.69, 9.17) is 4.74 Å². The Hall–Kier alpha value is -3.79. The van der Waals surface area contributed by atoms with E-state index in [1.807, 2.05) is 42.1 Å². The van der Waals surface area contributed by atoms with Gasteiger partial charge in [-0.15, -0.1) is 0 Å². The van der Waals surface area contributed by atoms with Crippen LogP contribution in [0.3, 0.4) is 0 Å². The molecule has 0 saturated carbocycles. The number of allylic oxidation sites excluding steroid dienone is 2. The molecule has 0 saturated heterocycles. The number of ether oxygens (including phenoxy) is 1. The SMILES string of the molecule is C=C/C(=C\C(Cc1cc(Nc2nc(C)cn3c(-c4cn[nH]c4)cnc23)sn1)=NC)OC. The quantitative estimate of drug-likeness (QED) is 0.247. The van der Waals surface area contributed by atoms with Crippen molar-refractivity contribution in [2.24, 2.45) is 4.99 Å². The molecule has 4 aromatic heterocycles. The monoisotopic (exact) mass is 434 g/mol. The molecule has 0 aliphatic heterocycles. The van der Waals surface area contributed by atoms with Crippen molar-refractivity contribution in [1.29, 1.82) is 0 Å². The third kappa shape index (κ3) is 4.38. The van der Waals surface area contributed by atoms with Gasteiger partial charge in [-0.2, -0.15) is 9.47 Å². The molecule has 0 radical (unpaired) electrons. The van der Waals surface area contributed by atoms with E-state index in [9.17, 15) is 0 Å². The lowest BCUT2D eigenvalue weighted by Gasteiger charge is -2.07. The lowest BCUT2D eigenvalue weighted by molar-refractivity contribution is 0.307. The molecule has 0 amide bonds. The number of rotatable bonds is 8. The molecular formula is C21H22N8OS. The number of anilines is 2. The van der Waals surface area contributed by atoms with Crippen LogP contribution in [0.5, 0.6) is 0 Å². The molecule has 4 rings (SSSR count). The Morgan fingerprint density at radius 2 is 2.29 bits per heavy atom. The van der Waals surface area contributed by atoms with Gasteiger partial charge in [0, 0.05) is 43.2 Å². The molecule has 4 aromatic rings. The van der Waals surface area contributed by atoms with Crippen LogP contribution in [-0.2, 0) is 11.2 Å². The second kappa shape index (κ2) is 8.92. The largest absolute Gasteiger partial charge is 0.497 e. The van der Waals surface area contributed by atoms with Gasteiger partial charge < -0.3 is 10.1 Å². The zero-order valence-corrected chi connectivity index (χ0v) is 18.3. The lowest BCUT2D eigenvalue weighted by atomic mass is 10.2. The standard InChI is InChI=1S/C21H22N8OS/c1-5-17(30-4)7-15(22-3)6-16-8-19(31-28-16)27-20-21-23-11-18(14-9-24-25-10-14)29(21)12-13(2)26-20/h5,7-12H,1,6H2,2-4H3,(H,24,25)(H,26,27)/b17-7+,22-15?. The average molecular weight is 435 g/mol. The summed E-state index contributed by atoms with van der Waals surface area (Å²) in [4.78, 5) is 13.5. The molecular weight excluding hydrogens is 412 g/mol. The normalized spacial score (nSPS) is 12.4. The highest BCUT2D eigenvalue weighted by atomic mass is 32.1. The zero-order valence-electron chi connectivity index (χ0n) is 17.5. The fourth-order valence-electron chi connectivity index (χ4n) is 3.11. The number of nitrogens with one attached hydrogen (secondary N) is 2. The van der Waals surface area contributed by atoms with Crippen LogP contribution in [-0.4, -0.2) is 48.8 Å². The summed E-state index contributed by atoms with van der Waals surface area (Å²) in [6.07, 6.45) is 11.5. The third-order valence-electron chi connectivity index (χ3n) is 4.60. The van der Waals surface area contributed by atoms with Gasteiger partial charge in [0.05, 0.1) is 36.6 Å². The van der Waals surface area contributed by atoms with Crippen molar-refractivity contribution >= 4 is 33.7 Å². The van der Waals surface area contributed by atoms with E-state index in [2.05, 4.69) is 41.4 Å². The van der Waals surface area contributed by atoms with E-state index in [0.29, 0.717) is 18.0 Å². The smallest absolute Gasteiger partial charge is 0.180 e. The Balaban J connectivity index is 1.59. The summed E-state index contributed by atoms with van der Waals surface area (Å²) < 4.78 is 11.8. The fraction of sp³-hybridized carbons (Fsp3) is 0.190. The van der Waals surface area contributed by atoms with E-state index in [1.165, 1.54) is 11.5 Å². The zero-order chi connectivity index (χ0) is 21.8. The Morgan fingerprint density at radius 3 is 3.00 bits per heavy atom. The van der Waals surface area contributed by atoms with Crippen LogP contribution in [0, 0.1) is 6.92 Å². The van der Waals surface area contributed by atoms with Gasteiger partial charge in [0.15, 0.2) is 11.5 Å². The van der Waals surface area contributed by atoms with Crippen molar-refractivity contribution in [3.63, 3.8) is 0 Å². The van der Waals surface area contributed by atoms with Gasteiger partial charge in [-0.1, -0.05) is 6.58 Å². The van der Waals surface area contributed by atoms with Crippen LogP contribution in [0.4, 0.5) is 10.8 Å². The third-order valence-corrected chi connectivity index (χ3v) is 5.34. The molecule has 0 aromatic carbocycles. The number of methoxy groups -OCH3 is 1. The summed E-state index contributed by atoms with van der Waals surface area (Å²) in [5, 5.41) is 11.1. The van der Waals surface area contributed by atoms with Crippen LogP contribution in [0.2, 0.25) is 0 Å². The summed E-state index contributed by atoms with van der Waals surface area (Å²) >= 11 is 1.37. The molecule has 4 heterocycles. The molecule has 0 spiro atoms. The average Bonchev–Trinajstić information content (AvgIpc) is 3.52. The predicted octanol–water partition coefficient (Wildman–Crippen LogP) is 3.96. The van der Waals surface area contributed by atoms with E-state index in [-0.39, 0.29) is 0 Å². The second-order valence-electron chi connectivity index (χ2n) is 6.71. The van der Waals surface area contributed by atoms with E-state index >= 15 is 0 Å². The molecule has 31 heavy (non-hydrogen) atoms. The summed E-state index contributed by atoms with van der Waals surface area (Å²) in [5.41, 5.74) is 5.24.